The molecule has 1 aliphatic rings. The van der Waals surface area contributed by atoms with Gasteiger partial charge >= 0.3 is 0 Å². The average molecular weight is 273 g/mol. The Bertz CT molecular complexity index is 69.3. The molecule has 62 valence electrons. The number of alkyl halides is 1. The fourth-order valence-electron chi connectivity index (χ4n) is 1.32. The van der Waals surface area contributed by atoms with Gasteiger partial charge in [0.1, 0.15) is 0 Å². The second-order valence-corrected chi connectivity index (χ2v) is 3.48. The van der Waals surface area contributed by atoms with Crippen LogP contribution < -0.4 is 5.32 Å². The van der Waals surface area contributed by atoms with E-state index in [-0.39, 0.29) is 17.0 Å². The summed E-state index contributed by atoms with van der Waals surface area (Å²) in [5.41, 5.74) is 0. The summed E-state index contributed by atoms with van der Waals surface area (Å²) in [5, 5.41) is 4.56. The number of hydrogen-bond donors (Lipinski definition) is 1. The Morgan fingerprint density at radius 1 is 1.50 bits per heavy atom. The van der Waals surface area contributed by atoms with Crippen molar-refractivity contribution in [1.29, 1.82) is 0 Å². The van der Waals surface area contributed by atoms with Gasteiger partial charge in [-0.2, -0.15) is 0 Å². The van der Waals surface area contributed by atoms with Crippen LogP contribution in [-0.2, 0) is 0 Å². The molecule has 1 atom stereocenters. The molecule has 0 aromatic heterocycles. The number of rotatable bonds is 2. The molecule has 3 heteroatoms. The van der Waals surface area contributed by atoms with Gasteiger partial charge in [-0.25, -0.2) is 0 Å². The highest BCUT2D eigenvalue weighted by Gasteiger charge is 2.10. The molecule has 0 amide bonds. The van der Waals surface area contributed by atoms with Gasteiger partial charge in [-0.15, -0.1) is 17.0 Å². The predicted octanol–water partition coefficient (Wildman–Crippen LogP) is 2.35. The quantitative estimate of drug-likeness (QED) is 0.761. The van der Waals surface area contributed by atoms with Crippen molar-refractivity contribution in [2.45, 2.75) is 19.3 Å². The molecule has 0 radical (unpaired) electrons. The van der Waals surface area contributed by atoms with E-state index < -0.39 is 0 Å². The van der Waals surface area contributed by atoms with E-state index in [9.17, 15) is 0 Å². The molecular formula is C7H15Br2N. The summed E-state index contributed by atoms with van der Waals surface area (Å²) in [6, 6.07) is 0. The highest BCUT2D eigenvalue weighted by molar-refractivity contribution is 9.09. The highest BCUT2D eigenvalue weighted by Crippen LogP contribution is 2.14. The van der Waals surface area contributed by atoms with Crippen LogP contribution in [0.4, 0.5) is 0 Å². The van der Waals surface area contributed by atoms with Crippen molar-refractivity contribution in [3.63, 3.8) is 0 Å². The fraction of sp³-hybridized carbons (Fsp3) is 1.00. The van der Waals surface area contributed by atoms with Crippen molar-refractivity contribution < 1.29 is 0 Å². The number of piperidine rings is 1. The summed E-state index contributed by atoms with van der Waals surface area (Å²) in [6.45, 7) is 2.48. The number of halogens is 2. The monoisotopic (exact) mass is 271 g/mol. The molecule has 1 nitrogen and oxygen atoms in total. The SMILES string of the molecule is Br.BrCCC1CCCNC1. The maximum atomic E-state index is 3.46. The van der Waals surface area contributed by atoms with Crippen LogP contribution in [0.5, 0.6) is 0 Å². The predicted molar refractivity (Wildman–Crippen MR) is 54.3 cm³/mol. The summed E-state index contributed by atoms with van der Waals surface area (Å²) in [6.07, 6.45) is 4.14. The topological polar surface area (TPSA) is 12.0 Å². The molecule has 0 bridgehead atoms. The van der Waals surface area contributed by atoms with E-state index in [4.69, 9.17) is 0 Å². The lowest BCUT2D eigenvalue weighted by Crippen LogP contribution is -2.29. The molecule has 0 aromatic carbocycles. The van der Waals surface area contributed by atoms with Crippen molar-refractivity contribution in [2.75, 3.05) is 18.4 Å². The molecular weight excluding hydrogens is 258 g/mol. The first kappa shape index (κ1) is 10.9. The zero-order chi connectivity index (χ0) is 6.53. The summed E-state index contributed by atoms with van der Waals surface area (Å²) in [4.78, 5) is 0. The molecule has 0 aliphatic carbocycles. The van der Waals surface area contributed by atoms with E-state index in [1.54, 1.807) is 0 Å². The normalized spacial score (nSPS) is 25.5. The Morgan fingerprint density at radius 2 is 2.30 bits per heavy atom. The summed E-state index contributed by atoms with van der Waals surface area (Å²) in [5.74, 6) is 0.943. The maximum absolute atomic E-state index is 3.46. The lowest BCUT2D eigenvalue weighted by molar-refractivity contribution is 0.371. The van der Waals surface area contributed by atoms with Gasteiger partial charge in [0.05, 0.1) is 0 Å². The van der Waals surface area contributed by atoms with E-state index in [0.717, 1.165) is 5.92 Å². The highest BCUT2D eigenvalue weighted by atomic mass is 79.9. The second kappa shape index (κ2) is 6.62. The van der Waals surface area contributed by atoms with Gasteiger partial charge < -0.3 is 5.32 Å². The van der Waals surface area contributed by atoms with E-state index in [2.05, 4.69) is 21.2 Å². The van der Waals surface area contributed by atoms with Crippen LogP contribution in [0.3, 0.4) is 0 Å². The van der Waals surface area contributed by atoms with Gasteiger partial charge in [-0.3, -0.25) is 0 Å². The minimum absolute atomic E-state index is 0. The number of nitrogens with one attached hydrogen (secondary N) is 1. The van der Waals surface area contributed by atoms with Gasteiger partial charge in [-0.1, -0.05) is 15.9 Å². The zero-order valence-electron chi connectivity index (χ0n) is 6.11. The third-order valence-electron chi connectivity index (χ3n) is 1.92. The smallest absolute Gasteiger partial charge is 0.00344 e. The Morgan fingerprint density at radius 3 is 2.80 bits per heavy atom. The van der Waals surface area contributed by atoms with Gasteiger partial charge in [-0.05, 0) is 38.3 Å². The van der Waals surface area contributed by atoms with E-state index >= 15 is 0 Å². The largest absolute Gasteiger partial charge is 0.316 e. The zero-order valence-corrected chi connectivity index (χ0v) is 9.41. The van der Waals surface area contributed by atoms with E-state index in [1.165, 1.54) is 37.7 Å². The molecule has 1 fully saturated rings. The van der Waals surface area contributed by atoms with Gasteiger partial charge in [0.25, 0.3) is 0 Å². The lowest BCUT2D eigenvalue weighted by atomic mass is 9.97. The first-order valence-electron chi connectivity index (χ1n) is 3.70. The van der Waals surface area contributed by atoms with Crippen LogP contribution in [0, 0.1) is 5.92 Å². The average Bonchev–Trinajstić information content (AvgIpc) is 1.91. The molecule has 1 unspecified atom stereocenters. The second-order valence-electron chi connectivity index (χ2n) is 2.69. The maximum Gasteiger partial charge on any atom is 0.00344 e. The minimum Gasteiger partial charge on any atom is -0.316 e. The Kier molecular flexibility index (Phi) is 7.23. The molecule has 1 saturated heterocycles. The molecule has 1 N–H and O–H groups in total. The van der Waals surface area contributed by atoms with E-state index in [1.807, 2.05) is 0 Å². The van der Waals surface area contributed by atoms with Crippen LogP contribution >= 0.6 is 32.9 Å². The molecule has 0 spiro atoms. The first-order chi connectivity index (χ1) is 4.43. The van der Waals surface area contributed by atoms with Crippen LogP contribution in [0.15, 0.2) is 0 Å². The van der Waals surface area contributed by atoms with Crippen molar-refractivity contribution in [2.24, 2.45) is 5.92 Å². The lowest BCUT2D eigenvalue weighted by Gasteiger charge is -2.21. The van der Waals surface area contributed by atoms with Crippen LogP contribution in [0.25, 0.3) is 0 Å². The Hall–Kier alpha value is 0.920. The first-order valence-corrected chi connectivity index (χ1v) is 4.82. The standard InChI is InChI=1S/C7H14BrN.BrH/c8-4-3-7-2-1-5-9-6-7;/h7,9H,1-6H2;1H. The van der Waals surface area contributed by atoms with Crippen molar-refractivity contribution >= 4 is 32.9 Å². The minimum atomic E-state index is 0. The Balaban J connectivity index is 0.000000810. The molecule has 0 aromatic rings. The summed E-state index contributed by atoms with van der Waals surface area (Å²) >= 11 is 3.46. The summed E-state index contributed by atoms with van der Waals surface area (Å²) < 4.78 is 0. The molecule has 1 aliphatic heterocycles. The van der Waals surface area contributed by atoms with Crippen molar-refractivity contribution in [3.8, 4) is 0 Å². The van der Waals surface area contributed by atoms with Gasteiger partial charge in [0.15, 0.2) is 0 Å². The summed E-state index contributed by atoms with van der Waals surface area (Å²) in [7, 11) is 0. The van der Waals surface area contributed by atoms with Gasteiger partial charge in [0.2, 0.25) is 0 Å². The van der Waals surface area contributed by atoms with Gasteiger partial charge in [0, 0.05) is 5.33 Å². The van der Waals surface area contributed by atoms with Crippen molar-refractivity contribution in [3.05, 3.63) is 0 Å². The third-order valence-corrected chi connectivity index (χ3v) is 2.37. The third kappa shape index (κ3) is 3.94. The van der Waals surface area contributed by atoms with Crippen LogP contribution in [0.2, 0.25) is 0 Å². The molecule has 1 heterocycles. The van der Waals surface area contributed by atoms with Crippen molar-refractivity contribution in [1.82, 2.24) is 5.32 Å². The molecule has 10 heavy (non-hydrogen) atoms. The van der Waals surface area contributed by atoms with Crippen LogP contribution in [0.1, 0.15) is 19.3 Å². The number of hydrogen-bond acceptors (Lipinski definition) is 1. The Labute approximate surface area is 81.9 Å². The molecule has 0 saturated carbocycles. The van der Waals surface area contributed by atoms with Crippen LogP contribution in [-0.4, -0.2) is 18.4 Å². The molecule has 1 rings (SSSR count). The van der Waals surface area contributed by atoms with E-state index in [0.29, 0.717) is 0 Å². The fourth-order valence-corrected chi connectivity index (χ4v) is 1.97.